The van der Waals surface area contributed by atoms with Gasteiger partial charge >= 0.3 is 0 Å². The summed E-state index contributed by atoms with van der Waals surface area (Å²) in [5.41, 5.74) is 0.970. The minimum absolute atomic E-state index is 0.0262. The molecule has 0 aliphatic carbocycles. The SMILES string of the molecule is CC(NC(=O)CCSc1ccccc1Cl)c1cn[nH]c1. The van der Waals surface area contributed by atoms with Crippen molar-refractivity contribution in [2.75, 3.05) is 5.75 Å². The summed E-state index contributed by atoms with van der Waals surface area (Å²) in [7, 11) is 0. The third kappa shape index (κ3) is 4.28. The Bertz CT molecular complexity index is 559. The number of rotatable bonds is 6. The fraction of sp³-hybridized carbons (Fsp3) is 0.286. The van der Waals surface area contributed by atoms with Gasteiger partial charge in [0.2, 0.25) is 5.91 Å². The molecule has 0 fully saturated rings. The highest BCUT2D eigenvalue weighted by Crippen LogP contribution is 2.26. The van der Waals surface area contributed by atoms with Crippen molar-refractivity contribution in [2.24, 2.45) is 0 Å². The Morgan fingerprint density at radius 2 is 2.30 bits per heavy atom. The minimum Gasteiger partial charge on any atom is -0.349 e. The van der Waals surface area contributed by atoms with E-state index in [-0.39, 0.29) is 11.9 Å². The quantitative estimate of drug-likeness (QED) is 0.804. The van der Waals surface area contributed by atoms with Crippen LogP contribution in [0.15, 0.2) is 41.6 Å². The van der Waals surface area contributed by atoms with Crippen molar-refractivity contribution in [1.82, 2.24) is 15.5 Å². The number of carbonyl (C=O) groups is 1. The molecule has 6 heteroatoms. The van der Waals surface area contributed by atoms with Crippen molar-refractivity contribution >= 4 is 29.3 Å². The van der Waals surface area contributed by atoms with Gasteiger partial charge in [-0.1, -0.05) is 23.7 Å². The van der Waals surface area contributed by atoms with Crippen LogP contribution < -0.4 is 5.32 Å². The molecule has 2 rings (SSSR count). The molecule has 2 aromatic rings. The average Bonchev–Trinajstić information content (AvgIpc) is 2.95. The first-order valence-electron chi connectivity index (χ1n) is 6.32. The summed E-state index contributed by atoms with van der Waals surface area (Å²) in [6, 6.07) is 7.61. The molecular weight excluding hydrogens is 294 g/mol. The van der Waals surface area contributed by atoms with E-state index in [9.17, 15) is 4.79 Å². The van der Waals surface area contributed by atoms with Crippen LogP contribution in [0.25, 0.3) is 0 Å². The fourth-order valence-electron chi connectivity index (χ4n) is 1.71. The van der Waals surface area contributed by atoms with Crippen molar-refractivity contribution in [3.8, 4) is 0 Å². The highest BCUT2D eigenvalue weighted by molar-refractivity contribution is 7.99. The van der Waals surface area contributed by atoms with E-state index in [0.29, 0.717) is 12.2 Å². The van der Waals surface area contributed by atoms with Crippen molar-refractivity contribution in [2.45, 2.75) is 24.3 Å². The molecule has 0 aliphatic heterocycles. The van der Waals surface area contributed by atoms with Crippen LogP contribution >= 0.6 is 23.4 Å². The van der Waals surface area contributed by atoms with E-state index in [0.717, 1.165) is 15.5 Å². The van der Waals surface area contributed by atoms with Crippen molar-refractivity contribution in [3.05, 3.63) is 47.2 Å². The molecular formula is C14H16ClN3OS. The molecule has 0 radical (unpaired) electrons. The van der Waals surface area contributed by atoms with E-state index in [2.05, 4.69) is 15.5 Å². The molecule has 1 atom stereocenters. The van der Waals surface area contributed by atoms with Crippen LogP contribution in [0.3, 0.4) is 0 Å². The van der Waals surface area contributed by atoms with Crippen LogP contribution in [0.5, 0.6) is 0 Å². The predicted molar refractivity (Wildman–Crippen MR) is 81.9 cm³/mol. The Morgan fingerprint density at radius 1 is 1.50 bits per heavy atom. The van der Waals surface area contributed by atoms with Crippen molar-refractivity contribution in [1.29, 1.82) is 0 Å². The normalized spacial score (nSPS) is 12.1. The number of aromatic nitrogens is 2. The topological polar surface area (TPSA) is 57.8 Å². The molecule has 20 heavy (non-hydrogen) atoms. The zero-order chi connectivity index (χ0) is 14.4. The Labute approximate surface area is 127 Å². The maximum Gasteiger partial charge on any atom is 0.221 e. The summed E-state index contributed by atoms with van der Waals surface area (Å²) in [4.78, 5) is 12.8. The van der Waals surface area contributed by atoms with E-state index < -0.39 is 0 Å². The monoisotopic (exact) mass is 309 g/mol. The molecule has 1 amide bonds. The van der Waals surface area contributed by atoms with Gasteiger partial charge in [0.15, 0.2) is 0 Å². The lowest BCUT2D eigenvalue weighted by atomic mass is 10.2. The summed E-state index contributed by atoms with van der Waals surface area (Å²) in [5.74, 6) is 0.728. The van der Waals surface area contributed by atoms with Gasteiger partial charge < -0.3 is 5.32 Å². The second-order valence-electron chi connectivity index (χ2n) is 4.35. The second-order valence-corrected chi connectivity index (χ2v) is 5.89. The number of benzene rings is 1. The van der Waals surface area contributed by atoms with Gasteiger partial charge in [0, 0.05) is 28.8 Å². The van der Waals surface area contributed by atoms with Gasteiger partial charge in [0.25, 0.3) is 0 Å². The van der Waals surface area contributed by atoms with E-state index in [1.54, 1.807) is 24.2 Å². The Hall–Kier alpha value is -1.46. The standard InChI is InChI=1S/C14H16ClN3OS/c1-10(11-8-16-17-9-11)18-14(19)6-7-20-13-5-3-2-4-12(13)15/h2-5,8-10H,6-7H2,1H3,(H,16,17)(H,18,19). The zero-order valence-electron chi connectivity index (χ0n) is 11.1. The van der Waals surface area contributed by atoms with Crippen molar-refractivity contribution in [3.63, 3.8) is 0 Å². The van der Waals surface area contributed by atoms with Gasteiger partial charge in [-0.2, -0.15) is 5.10 Å². The average molecular weight is 310 g/mol. The lowest BCUT2D eigenvalue weighted by molar-refractivity contribution is -0.121. The predicted octanol–water partition coefficient (Wildman–Crippen LogP) is 3.42. The molecule has 4 nitrogen and oxygen atoms in total. The molecule has 0 saturated heterocycles. The van der Waals surface area contributed by atoms with E-state index >= 15 is 0 Å². The first-order valence-corrected chi connectivity index (χ1v) is 7.68. The Morgan fingerprint density at radius 3 is 3.00 bits per heavy atom. The minimum atomic E-state index is -0.0356. The first kappa shape index (κ1) is 14.9. The van der Waals surface area contributed by atoms with Crippen LogP contribution in [-0.4, -0.2) is 21.9 Å². The molecule has 1 aromatic heterocycles. The maximum atomic E-state index is 11.8. The van der Waals surface area contributed by atoms with Gasteiger partial charge in [-0.05, 0) is 19.1 Å². The number of thioether (sulfide) groups is 1. The Balaban J connectivity index is 1.74. The van der Waals surface area contributed by atoms with E-state index in [1.165, 1.54) is 0 Å². The summed E-state index contributed by atoms with van der Waals surface area (Å²) in [6.45, 7) is 1.93. The molecule has 2 N–H and O–H groups in total. The number of carbonyl (C=O) groups excluding carboxylic acids is 1. The first-order chi connectivity index (χ1) is 9.66. The molecule has 0 spiro atoms. The van der Waals surface area contributed by atoms with Crippen LogP contribution in [0.4, 0.5) is 0 Å². The largest absolute Gasteiger partial charge is 0.349 e. The van der Waals surface area contributed by atoms with Crippen LogP contribution in [0.1, 0.15) is 24.9 Å². The summed E-state index contributed by atoms with van der Waals surface area (Å²) in [5, 5.41) is 10.3. The smallest absolute Gasteiger partial charge is 0.221 e. The third-order valence-electron chi connectivity index (χ3n) is 2.82. The zero-order valence-corrected chi connectivity index (χ0v) is 12.7. The number of halogens is 1. The number of H-pyrrole nitrogens is 1. The van der Waals surface area contributed by atoms with E-state index in [4.69, 9.17) is 11.6 Å². The molecule has 0 bridgehead atoms. The maximum absolute atomic E-state index is 11.8. The number of hydrogen-bond acceptors (Lipinski definition) is 3. The van der Waals surface area contributed by atoms with Gasteiger partial charge in [0.1, 0.15) is 0 Å². The van der Waals surface area contributed by atoms with Gasteiger partial charge in [-0.15, -0.1) is 11.8 Å². The van der Waals surface area contributed by atoms with Gasteiger partial charge in [-0.3, -0.25) is 9.89 Å². The molecule has 0 aliphatic rings. The van der Waals surface area contributed by atoms with Crippen LogP contribution in [0, 0.1) is 0 Å². The highest BCUT2D eigenvalue weighted by Gasteiger charge is 2.10. The van der Waals surface area contributed by atoms with Gasteiger partial charge in [0.05, 0.1) is 17.3 Å². The number of nitrogens with one attached hydrogen (secondary N) is 2. The summed E-state index contributed by atoms with van der Waals surface area (Å²) < 4.78 is 0. The molecule has 1 heterocycles. The number of aromatic amines is 1. The Kier molecular flexibility index (Phi) is 5.49. The van der Waals surface area contributed by atoms with Gasteiger partial charge in [-0.25, -0.2) is 0 Å². The highest BCUT2D eigenvalue weighted by atomic mass is 35.5. The lowest BCUT2D eigenvalue weighted by Crippen LogP contribution is -2.26. The van der Waals surface area contributed by atoms with Crippen LogP contribution in [-0.2, 0) is 4.79 Å². The van der Waals surface area contributed by atoms with Crippen LogP contribution in [0.2, 0.25) is 5.02 Å². The molecule has 1 unspecified atom stereocenters. The fourth-order valence-corrected chi connectivity index (χ4v) is 2.90. The molecule has 0 saturated carbocycles. The number of nitrogens with zero attached hydrogens (tertiary/aromatic N) is 1. The molecule has 1 aromatic carbocycles. The molecule has 106 valence electrons. The third-order valence-corrected chi connectivity index (χ3v) is 4.34. The second kappa shape index (κ2) is 7.36. The summed E-state index contributed by atoms with van der Waals surface area (Å²) in [6.07, 6.45) is 3.95. The summed E-state index contributed by atoms with van der Waals surface area (Å²) >= 11 is 7.65. The van der Waals surface area contributed by atoms with E-state index in [1.807, 2.05) is 31.2 Å². The number of hydrogen-bond donors (Lipinski definition) is 2. The lowest BCUT2D eigenvalue weighted by Gasteiger charge is -2.11. The van der Waals surface area contributed by atoms with Crippen molar-refractivity contribution < 1.29 is 4.79 Å². The number of amides is 1.